The highest BCUT2D eigenvalue weighted by Gasteiger charge is 2.41. The SMILES string of the molecule is O=C1CCC(c2c(F)cc(N3CC(OC(=O)NCC4CCCCC4)C3I)cc2F)C(=O)N1. The Kier molecular flexibility index (Phi) is 7.16. The number of ether oxygens (including phenoxy) is 1. The quantitative estimate of drug-likeness (QED) is 0.248. The van der Waals surface area contributed by atoms with Gasteiger partial charge in [0.25, 0.3) is 0 Å². The van der Waals surface area contributed by atoms with Gasteiger partial charge in [-0.05, 0) is 37.3 Å². The minimum atomic E-state index is -1.03. The number of rotatable bonds is 5. The lowest BCUT2D eigenvalue weighted by Gasteiger charge is -2.45. The second-order valence-corrected chi connectivity index (χ2v) is 9.96. The normalized spacial score (nSPS) is 26.3. The number of alkyl carbamates (subject to hydrolysis) is 1. The van der Waals surface area contributed by atoms with Crippen LogP contribution in [0.2, 0.25) is 0 Å². The van der Waals surface area contributed by atoms with Crippen molar-refractivity contribution in [3.63, 3.8) is 0 Å². The van der Waals surface area contributed by atoms with Gasteiger partial charge in [-0.1, -0.05) is 41.9 Å². The molecule has 2 saturated heterocycles. The molecule has 1 aliphatic carbocycles. The number of amides is 3. The second-order valence-electron chi connectivity index (χ2n) is 8.68. The van der Waals surface area contributed by atoms with E-state index in [0.717, 1.165) is 12.8 Å². The summed E-state index contributed by atoms with van der Waals surface area (Å²) in [6.07, 6.45) is 5.16. The molecule has 3 fully saturated rings. The van der Waals surface area contributed by atoms with Gasteiger partial charge in [-0.2, -0.15) is 0 Å². The highest BCUT2D eigenvalue weighted by atomic mass is 127. The van der Waals surface area contributed by atoms with E-state index in [1.165, 1.54) is 31.4 Å². The van der Waals surface area contributed by atoms with Gasteiger partial charge in [-0.3, -0.25) is 14.9 Å². The Hall–Kier alpha value is -1.98. The van der Waals surface area contributed by atoms with Crippen molar-refractivity contribution < 1.29 is 27.9 Å². The van der Waals surface area contributed by atoms with Crippen LogP contribution in [-0.2, 0) is 14.3 Å². The van der Waals surface area contributed by atoms with Gasteiger partial charge >= 0.3 is 6.09 Å². The van der Waals surface area contributed by atoms with E-state index in [1.54, 1.807) is 4.90 Å². The summed E-state index contributed by atoms with van der Waals surface area (Å²) in [6.45, 7) is 0.931. The van der Waals surface area contributed by atoms with Gasteiger partial charge in [0.1, 0.15) is 15.7 Å². The van der Waals surface area contributed by atoms with Crippen molar-refractivity contribution in [1.29, 1.82) is 0 Å². The highest BCUT2D eigenvalue weighted by molar-refractivity contribution is 14.1. The molecule has 7 nitrogen and oxygen atoms in total. The fraction of sp³-hybridized carbons (Fsp3) is 0.591. The summed E-state index contributed by atoms with van der Waals surface area (Å²) in [6, 6.07) is 2.38. The molecule has 1 saturated carbocycles. The molecular formula is C22H26F2IN3O4. The largest absolute Gasteiger partial charge is 0.441 e. The zero-order valence-corrected chi connectivity index (χ0v) is 19.7. The van der Waals surface area contributed by atoms with Crippen molar-refractivity contribution in [2.24, 2.45) is 5.92 Å². The molecule has 0 bridgehead atoms. The van der Waals surface area contributed by atoms with Crippen LogP contribution in [0.25, 0.3) is 0 Å². The Morgan fingerprint density at radius 1 is 1.16 bits per heavy atom. The van der Waals surface area contributed by atoms with Crippen LogP contribution in [0, 0.1) is 17.6 Å². The van der Waals surface area contributed by atoms with Crippen molar-refractivity contribution in [2.75, 3.05) is 18.0 Å². The third-order valence-corrected chi connectivity index (χ3v) is 7.96. The van der Waals surface area contributed by atoms with E-state index in [2.05, 4.69) is 33.2 Å². The third-order valence-electron chi connectivity index (χ3n) is 6.48. The maximum absolute atomic E-state index is 14.8. The lowest BCUT2D eigenvalue weighted by molar-refractivity contribution is -0.134. The lowest BCUT2D eigenvalue weighted by Crippen LogP contribution is -2.59. The Labute approximate surface area is 198 Å². The molecule has 0 aromatic heterocycles. The summed E-state index contributed by atoms with van der Waals surface area (Å²) in [4.78, 5) is 37.2. The Balaban J connectivity index is 1.33. The van der Waals surface area contributed by atoms with Crippen molar-refractivity contribution in [3.8, 4) is 0 Å². The maximum Gasteiger partial charge on any atom is 0.407 e. The van der Waals surface area contributed by atoms with Crippen molar-refractivity contribution in [1.82, 2.24) is 10.6 Å². The number of imide groups is 1. The van der Waals surface area contributed by atoms with Crippen LogP contribution in [0.1, 0.15) is 56.4 Å². The van der Waals surface area contributed by atoms with E-state index in [1.807, 2.05) is 0 Å². The Morgan fingerprint density at radius 3 is 2.47 bits per heavy atom. The van der Waals surface area contributed by atoms with Gasteiger partial charge in [-0.15, -0.1) is 0 Å². The molecule has 3 atom stereocenters. The number of nitrogens with zero attached hydrogens (tertiary/aromatic N) is 1. The predicted molar refractivity (Wildman–Crippen MR) is 121 cm³/mol. The summed E-state index contributed by atoms with van der Waals surface area (Å²) in [7, 11) is 0. The standard InChI is InChI=1S/C22H26F2IN3O4/c23-15-8-13(9-16(24)19(15)14-6-7-18(29)27-21(14)30)28-11-17(20(28)25)32-22(31)26-10-12-4-2-1-3-5-12/h8-9,12,14,17,20H,1-7,10-11H2,(H,26,31)(H,27,29,30). The molecule has 2 heterocycles. The topological polar surface area (TPSA) is 87.7 Å². The molecule has 0 spiro atoms. The minimum Gasteiger partial charge on any atom is -0.441 e. The number of halogens is 3. The molecule has 3 amide bonds. The molecule has 3 aliphatic rings. The second kappa shape index (κ2) is 9.88. The summed E-state index contributed by atoms with van der Waals surface area (Å²) >= 11 is 2.08. The number of carbonyl (C=O) groups excluding carboxylic acids is 3. The van der Waals surface area contributed by atoms with Crippen LogP contribution in [0.5, 0.6) is 0 Å². The van der Waals surface area contributed by atoms with Crippen LogP contribution in [0.15, 0.2) is 12.1 Å². The fourth-order valence-corrected chi connectivity index (χ4v) is 5.55. The number of alkyl halides is 1. The summed E-state index contributed by atoms with van der Waals surface area (Å²) in [5.41, 5.74) is -0.00270. The van der Waals surface area contributed by atoms with Gasteiger partial charge in [0.2, 0.25) is 11.8 Å². The zero-order chi connectivity index (χ0) is 22.8. The molecule has 2 aliphatic heterocycles. The molecular weight excluding hydrogens is 535 g/mol. The van der Waals surface area contributed by atoms with Crippen LogP contribution >= 0.6 is 22.6 Å². The van der Waals surface area contributed by atoms with E-state index in [9.17, 15) is 23.2 Å². The van der Waals surface area contributed by atoms with Gasteiger partial charge < -0.3 is 15.0 Å². The molecule has 174 valence electrons. The molecule has 32 heavy (non-hydrogen) atoms. The van der Waals surface area contributed by atoms with Crippen LogP contribution in [-0.4, -0.2) is 41.1 Å². The van der Waals surface area contributed by atoms with Crippen LogP contribution < -0.4 is 15.5 Å². The molecule has 0 radical (unpaired) electrons. The fourth-order valence-electron chi connectivity index (χ4n) is 4.62. The third kappa shape index (κ3) is 4.99. The lowest BCUT2D eigenvalue weighted by atomic mass is 9.89. The van der Waals surface area contributed by atoms with E-state index < -0.39 is 35.5 Å². The van der Waals surface area contributed by atoms with E-state index in [4.69, 9.17) is 4.74 Å². The Morgan fingerprint density at radius 2 is 1.84 bits per heavy atom. The van der Waals surface area contributed by atoms with Crippen LogP contribution in [0.4, 0.5) is 19.3 Å². The molecule has 1 aromatic rings. The number of carbonyl (C=O) groups is 3. The first kappa shape index (κ1) is 23.2. The average molecular weight is 561 g/mol. The van der Waals surface area contributed by atoms with E-state index in [0.29, 0.717) is 24.7 Å². The highest BCUT2D eigenvalue weighted by Crippen LogP contribution is 2.37. The first-order valence-corrected chi connectivity index (χ1v) is 12.3. The number of piperidine rings is 1. The van der Waals surface area contributed by atoms with E-state index >= 15 is 0 Å². The number of anilines is 1. The molecule has 2 N–H and O–H groups in total. The minimum absolute atomic E-state index is 0.0425. The first-order chi connectivity index (χ1) is 15.3. The summed E-state index contributed by atoms with van der Waals surface area (Å²) in [5.74, 6) is -3.31. The first-order valence-electron chi connectivity index (χ1n) is 11.0. The van der Waals surface area contributed by atoms with Gasteiger partial charge in [0.15, 0.2) is 6.10 Å². The average Bonchev–Trinajstić information content (AvgIpc) is 2.76. The maximum atomic E-state index is 14.8. The number of benzene rings is 1. The van der Waals surface area contributed by atoms with Crippen molar-refractivity contribution in [2.45, 2.75) is 61.0 Å². The number of hydrogen-bond donors (Lipinski definition) is 2. The molecule has 3 unspecified atom stereocenters. The van der Waals surface area contributed by atoms with Gasteiger partial charge in [0.05, 0.1) is 12.5 Å². The Bertz CT molecular complexity index is 886. The van der Waals surface area contributed by atoms with Gasteiger partial charge in [0, 0.05) is 24.2 Å². The predicted octanol–water partition coefficient (Wildman–Crippen LogP) is 3.74. The molecule has 4 rings (SSSR count). The van der Waals surface area contributed by atoms with Crippen molar-refractivity contribution >= 4 is 46.2 Å². The van der Waals surface area contributed by atoms with Gasteiger partial charge in [-0.25, -0.2) is 13.6 Å². The summed E-state index contributed by atoms with van der Waals surface area (Å²) < 4.78 is 34.7. The number of nitrogens with one attached hydrogen (secondary N) is 2. The van der Waals surface area contributed by atoms with Crippen molar-refractivity contribution in [3.05, 3.63) is 29.3 Å². The van der Waals surface area contributed by atoms with Crippen LogP contribution in [0.3, 0.4) is 0 Å². The van der Waals surface area contributed by atoms with E-state index in [-0.39, 0.29) is 28.6 Å². The molecule has 1 aromatic carbocycles. The number of hydrogen-bond acceptors (Lipinski definition) is 5. The summed E-state index contributed by atoms with van der Waals surface area (Å²) in [5, 5.41) is 4.96. The molecule has 10 heteroatoms. The smallest absolute Gasteiger partial charge is 0.407 e. The monoisotopic (exact) mass is 561 g/mol. The zero-order valence-electron chi connectivity index (χ0n) is 17.5.